The van der Waals surface area contributed by atoms with E-state index in [4.69, 9.17) is 0 Å². The van der Waals surface area contributed by atoms with Crippen LogP contribution in [0.15, 0.2) is 93.8 Å². The fourth-order valence-corrected chi connectivity index (χ4v) is 5.99. The molecule has 0 aliphatic carbocycles. The van der Waals surface area contributed by atoms with Gasteiger partial charge in [-0.2, -0.15) is 5.10 Å². The normalized spacial score (nSPS) is 11.6. The lowest BCUT2D eigenvalue weighted by atomic mass is 10.2. The number of amides is 1. The van der Waals surface area contributed by atoms with E-state index in [-0.39, 0.29) is 10.7 Å². The third-order valence-electron chi connectivity index (χ3n) is 6.21. The first-order valence-corrected chi connectivity index (χ1v) is 14.8. The van der Waals surface area contributed by atoms with Crippen molar-refractivity contribution in [1.82, 2.24) is 9.99 Å². The van der Waals surface area contributed by atoms with Gasteiger partial charge in [-0.3, -0.25) is 9.10 Å². The first-order chi connectivity index (χ1) is 18.6. The predicted molar refractivity (Wildman–Crippen MR) is 155 cm³/mol. The maximum atomic E-state index is 14.4. The quantitative estimate of drug-likeness (QED) is 0.163. The molecule has 39 heavy (non-hydrogen) atoms. The summed E-state index contributed by atoms with van der Waals surface area (Å²) in [6.07, 6.45) is 3.37. The summed E-state index contributed by atoms with van der Waals surface area (Å²) in [5, 5.41) is 4.06. The Balaban J connectivity index is 1.56. The second kappa shape index (κ2) is 11.9. The maximum Gasteiger partial charge on any atom is 0.264 e. The second-order valence-corrected chi connectivity index (χ2v) is 11.7. The molecule has 4 rings (SSSR count). The number of aromatic nitrogens is 1. The van der Waals surface area contributed by atoms with E-state index in [2.05, 4.69) is 10.5 Å². The number of aryl methyl sites for hydroxylation is 2. The number of carbonyl (C=O) groups excluding carboxylic acids is 1. The van der Waals surface area contributed by atoms with E-state index in [1.807, 2.05) is 33.1 Å². The summed E-state index contributed by atoms with van der Waals surface area (Å²) in [6.45, 7) is 5.11. The van der Waals surface area contributed by atoms with Gasteiger partial charge in [0.2, 0.25) is 0 Å². The van der Waals surface area contributed by atoms with Crippen molar-refractivity contribution in [3.63, 3.8) is 0 Å². The SMILES string of the molecule is CSc1ccc(S(=O)(=O)N(CC(=O)N/N=C/c2cc(C)n(-c3ccccc3F)c2C)c2ccc(C)cc2)cc1. The van der Waals surface area contributed by atoms with E-state index in [1.54, 1.807) is 59.2 Å². The van der Waals surface area contributed by atoms with Crippen LogP contribution >= 0.6 is 11.8 Å². The Morgan fingerprint density at radius 3 is 2.33 bits per heavy atom. The molecule has 0 unspecified atom stereocenters. The van der Waals surface area contributed by atoms with Crippen molar-refractivity contribution in [2.24, 2.45) is 5.10 Å². The van der Waals surface area contributed by atoms with E-state index in [0.717, 1.165) is 26.2 Å². The van der Waals surface area contributed by atoms with E-state index >= 15 is 0 Å². The first-order valence-electron chi connectivity index (χ1n) is 12.1. The van der Waals surface area contributed by atoms with Gasteiger partial charge in [-0.1, -0.05) is 29.8 Å². The van der Waals surface area contributed by atoms with Crippen molar-refractivity contribution in [3.05, 3.63) is 107 Å². The number of para-hydroxylation sites is 1. The lowest BCUT2D eigenvalue weighted by molar-refractivity contribution is -0.119. The van der Waals surface area contributed by atoms with Gasteiger partial charge in [-0.25, -0.2) is 18.2 Å². The fourth-order valence-electron chi connectivity index (χ4n) is 4.16. The van der Waals surface area contributed by atoms with Gasteiger partial charge in [0.25, 0.3) is 15.9 Å². The van der Waals surface area contributed by atoms with E-state index in [9.17, 15) is 17.6 Å². The molecule has 0 spiro atoms. The van der Waals surface area contributed by atoms with Crippen LogP contribution in [0.25, 0.3) is 5.69 Å². The topological polar surface area (TPSA) is 83.8 Å². The molecule has 202 valence electrons. The van der Waals surface area contributed by atoms with Crippen molar-refractivity contribution in [2.45, 2.75) is 30.6 Å². The van der Waals surface area contributed by atoms with Crippen LogP contribution in [0.1, 0.15) is 22.5 Å². The van der Waals surface area contributed by atoms with Crippen molar-refractivity contribution < 1.29 is 17.6 Å². The number of halogens is 1. The lowest BCUT2D eigenvalue weighted by Crippen LogP contribution is -2.39. The molecule has 1 aromatic heterocycles. The summed E-state index contributed by atoms with van der Waals surface area (Å²) in [6, 6.07) is 21.7. The molecule has 0 bridgehead atoms. The second-order valence-electron chi connectivity index (χ2n) is 8.93. The number of anilines is 1. The van der Waals surface area contributed by atoms with Crippen LogP contribution in [-0.4, -0.2) is 37.9 Å². The highest BCUT2D eigenvalue weighted by molar-refractivity contribution is 7.98. The molecular formula is C29H29FN4O3S2. The third kappa shape index (κ3) is 6.23. The molecule has 7 nitrogen and oxygen atoms in total. The summed E-state index contributed by atoms with van der Waals surface area (Å²) in [7, 11) is -4.04. The van der Waals surface area contributed by atoms with Crippen molar-refractivity contribution in [3.8, 4) is 5.69 Å². The van der Waals surface area contributed by atoms with Gasteiger partial charge in [-0.15, -0.1) is 11.8 Å². The molecule has 0 fully saturated rings. The molecule has 1 amide bonds. The number of nitrogens with zero attached hydrogens (tertiary/aromatic N) is 3. The highest BCUT2D eigenvalue weighted by atomic mass is 32.2. The van der Waals surface area contributed by atoms with Gasteiger partial charge < -0.3 is 4.57 Å². The zero-order valence-corrected chi connectivity index (χ0v) is 23.7. The van der Waals surface area contributed by atoms with Gasteiger partial charge in [0.05, 0.1) is 22.5 Å². The van der Waals surface area contributed by atoms with Gasteiger partial charge in [-0.05, 0) is 81.6 Å². The van der Waals surface area contributed by atoms with Crippen molar-refractivity contribution >= 4 is 39.6 Å². The van der Waals surface area contributed by atoms with Gasteiger partial charge >= 0.3 is 0 Å². The third-order valence-corrected chi connectivity index (χ3v) is 8.74. The van der Waals surface area contributed by atoms with Crippen molar-refractivity contribution in [2.75, 3.05) is 17.1 Å². The molecule has 0 radical (unpaired) electrons. The first kappa shape index (κ1) is 28.1. The Bertz CT molecular complexity index is 1610. The molecule has 1 heterocycles. The Labute approximate surface area is 232 Å². The minimum Gasteiger partial charge on any atom is -0.315 e. The van der Waals surface area contributed by atoms with E-state index in [1.165, 1.54) is 36.2 Å². The number of rotatable bonds is 9. The summed E-state index contributed by atoms with van der Waals surface area (Å²) in [5.74, 6) is -0.962. The number of carbonyl (C=O) groups is 1. The Kier molecular flexibility index (Phi) is 8.57. The van der Waals surface area contributed by atoms with Crippen LogP contribution in [0, 0.1) is 26.6 Å². The molecule has 0 saturated carbocycles. The summed E-state index contributed by atoms with van der Waals surface area (Å²) in [5.41, 5.74) is 6.40. The molecule has 4 aromatic rings. The number of sulfonamides is 1. The lowest BCUT2D eigenvalue weighted by Gasteiger charge is -2.24. The number of nitrogens with one attached hydrogen (secondary N) is 1. The number of benzene rings is 3. The van der Waals surface area contributed by atoms with E-state index < -0.39 is 22.5 Å². The number of hydrogen-bond donors (Lipinski definition) is 1. The zero-order chi connectivity index (χ0) is 28.2. The maximum absolute atomic E-state index is 14.4. The Hall–Kier alpha value is -3.89. The van der Waals surface area contributed by atoms with Crippen LogP contribution in [-0.2, 0) is 14.8 Å². The van der Waals surface area contributed by atoms with Gasteiger partial charge in [0, 0.05) is 21.8 Å². The minimum absolute atomic E-state index is 0.0813. The van der Waals surface area contributed by atoms with Gasteiger partial charge in [0.1, 0.15) is 12.4 Å². The van der Waals surface area contributed by atoms with Crippen LogP contribution in [0.2, 0.25) is 0 Å². The summed E-state index contributed by atoms with van der Waals surface area (Å²) >= 11 is 1.51. The highest BCUT2D eigenvalue weighted by Crippen LogP contribution is 2.26. The van der Waals surface area contributed by atoms with Crippen LogP contribution in [0.5, 0.6) is 0 Å². The Morgan fingerprint density at radius 1 is 1.03 bits per heavy atom. The summed E-state index contributed by atoms with van der Waals surface area (Å²) < 4.78 is 44.3. The predicted octanol–water partition coefficient (Wildman–Crippen LogP) is 5.61. The molecule has 1 N–H and O–H groups in total. The molecule has 3 aromatic carbocycles. The number of hydrazone groups is 1. The number of hydrogen-bond acceptors (Lipinski definition) is 5. The standard InChI is InChI=1S/C29H29FN4O3S2/c1-20-9-11-24(12-10-20)33(39(36,37)26-15-13-25(38-4)14-16-26)19-29(35)32-31-18-23-17-21(2)34(22(23)3)28-8-6-5-7-27(28)30/h5-18H,19H2,1-4H3,(H,32,35)/b31-18+. The van der Waals surface area contributed by atoms with Crippen LogP contribution < -0.4 is 9.73 Å². The average molecular weight is 565 g/mol. The fraction of sp³-hybridized carbons (Fsp3) is 0.172. The molecule has 0 aliphatic heterocycles. The van der Waals surface area contributed by atoms with Crippen LogP contribution in [0.4, 0.5) is 10.1 Å². The molecule has 0 saturated heterocycles. The summed E-state index contributed by atoms with van der Waals surface area (Å²) in [4.78, 5) is 13.9. The smallest absolute Gasteiger partial charge is 0.264 e. The minimum atomic E-state index is -4.04. The molecule has 10 heteroatoms. The van der Waals surface area contributed by atoms with Crippen LogP contribution in [0.3, 0.4) is 0 Å². The molecule has 0 atom stereocenters. The Morgan fingerprint density at radius 2 is 1.69 bits per heavy atom. The van der Waals surface area contributed by atoms with Gasteiger partial charge in [0.15, 0.2) is 0 Å². The highest BCUT2D eigenvalue weighted by Gasteiger charge is 2.27. The van der Waals surface area contributed by atoms with E-state index in [0.29, 0.717) is 16.9 Å². The molecule has 0 aliphatic rings. The molecular weight excluding hydrogens is 535 g/mol. The number of thioether (sulfide) groups is 1. The van der Waals surface area contributed by atoms with Crippen molar-refractivity contribution in [1.29, 1.82) is 0 Å². The largest absolute Gasteiger partial charge is 0.315 e. The average Bonchev–Trinajstić information content (AvgIpc) is 3.20. The monoisotopic (exact) mass is 564 g/mol. The zero-order valence-electron chi connectivity index (χ0n) is 22.1.